The molecule has 5 nitrogen and oxygen atoms in total. The number of nitrogens with one attached hydrogen (secondary N) is 2. The molecule has 1 heterocycles. The number of aromatic nitrogens is 1. The summed E-state index contributed by atoms with van der Waals surface area (Å²) < 4.78 is 12.2. The molecule has 1 amide bonds. The van der Waals surface area contributed by atoms with Crippen molar-refractivity contribution in [1.82, 2.24) is 10.3 Å². The summed E-state index contributed by atoms with van der Waals surface area (Å²) in [5, 5.41) is 4.08. The third kappa shape index (κ3) is 6.13. The van der Waals surface area contributed by atoms with Gasteiger partial charge in [0.25, 0.3) is 0 Å². The second kappa shape index (κ2) is 9.52. The van der Waals surface area contributed by atoms with E-state index in [-0.39, 0.29) is 12.1 Å². The first-order chi connectivity index (χ1) is 13.9. The molecule has 0 spiro atoms. The highest BCUT2D eigenvalue weighted by atomic mass is 127. The molecule has 154 valence electrons. The van der Waals surface area contributed by atoms with Crippen molar-refractivity contribution in [2.45, 2.75) is 45.4 Å². The first-order valence-corrected chi connectivity index (χ1v) is 11.2. The average Bonchev–Trinajstić information content (AvgIpc) is 3.08. The van der Waals surface area contributed by atoms with Crippen molar-refractivity contribution in [3.8, 4) is 5.75 Å². The van der Waals surface area contributed by atoms with Gasteiger partial charge in [-0.15, -0.1) is 0 Å². The number of carbonyl (C=O) groups excluding carboxylic acids is 1. The Labute approximate surface area is 185 Å². The third-order valence-electron chi connectivity index (χ3n) is 4.37. The van der Waals surface area contributed by atoms with E-state index in [4.69, 9.17) is 9.47 Å². The molecule has 0 saturated heterocycles. The largest absolute Gasteiger partial charge is 0.487 e. The standard InChI is InChI=1S/C23H27IN2O3/c1-23(2,3)29-22(27)26-18(13-24)12-17-14-25-21-19(17)10-7-11-20(21)28-15-16-8-5-4-6-9-16/h4-11,14,18,25H,12-13,15H2,1-3H3,(H,26,27)/t18-/m0/s1. The molecule has 1 aromatic heterocycles. The Morgan fingerprint density at radius 1 is 1.14 bits per heavy atom. The molecule has 0 bridgehead atoms. The van der Waals surface area contributed by atoms with Crippen molar-refractivity contribution >= 4 is 39.6 Å². The minimum Gasteiger partial charge on any atom is -0.487 e. The Bertz CT molecular complexity index is 948. The van der Waals surface area contributed by atoms with E-state index in [1.807, 2.05) is 69.4 Å². The Hall–Kier alpha value is -2.22. The fourth-order valence-electron chi connectivity index (χ4n) is 3.09. The van der Waals surface area contributed by atoms with Crippen LogP contribution in [0.25, 0.3) is 10.9 Å². The molecule has 6 heteroatoms. The van der Waals surface area contributed by atoms with Crippen molar-refractivity contribution in [1.29, 1.82) is 0 Å². The molecule has 2 N–H and O–H groups in total. The molecule has 29 heavy (non-hydrogen) atoms. The van der Waals surface area contributed by atoms with Crippen molar-refractivity contribution in [2.75, 3.05) is 4.43 Å². The molecular weight excluding hydrogens is 479 g/mol. The number of alkyl carbamates (subject to hydrolysis) is 1. The molecule has 0 saturated carbocycles. The maximum absolute atomic E-state index is 12.1. The van der Waals surface area contributed by atoms with Gasteiger partial charge in [0.05, 0.1) is 5.52 Å². The molecule has 0 aliphatic heterocycles. The first kappa shape index (κ1) is 21.5. The van der Waals surface area contributed by atoms with Crippen LogP contribution in [0.15, 0.2) is 54.7 Å². The van der Waals surface area contributed by atoms with Crippen molar-refractivity contribution in [3.05, 3.63) is 65.9 Å². The number of rotatable bonds is 7. The lowest BCUT2D eigenvalue weighted by Crippen LogP contribution is -2.41. The zero-order chi connectivity index (χ0) is 20.9. The highest BCUT2D eigenvalue weighted by Gasteiger charge is 2.20. The fourth-order valence-corrected chi connectivity index (χ4v) is 3.62. The molecule has 2 aromatic carbocycles. The number of benzene rings is 2. The van der Waals surface area contributed by atoms with Crippen LogP contribution in [0.3, 0.4) is 0 Å². The van der Waals surface area contributed by atoms with Gasteiger partial charge in [0.1, 0.15) is 18.0 Å². The van der Waals surface area contributed by atoms with E-state index in [9.17, 15) is 4.79 Å². The molecule has 3 aromatic rings. The number of carbonyl (C=O) groups is 1. The maximum atomic E-state index is 12.1. The SMILES string of the molecule is CC(C)(C)OC(=O)N[C@H](CI)Cc1c[nH]c2c(OCc3ccccc3)cccc12. The number of alkyl halides is 1. The van der Waals surface area contributed by atoms with Crippen LogP contribution in [-0.2, 0) is 17.8 Å². The Morgan fingerprint density at radius 3 is 2.59 bits per heavy atom. The van der Waals surface area contributed by atoms with Crippen molar-refractivity contribution in [3.63, 3.8) is 0 Å². The molecule has 0 fully saturated rings. The first-order valence-electron chi connectivity index (χ1n) is 9.67. The predicted molar refractivity (Wildman–Crippen MR) is 125 cm³/mol. The van der Waals surface area contributed by atoms with Gasteiger partial charge in [-0.25, -0.2) is 4.79 Å². The lowest BCUT2D eigenvalue weighted by molar-refractivity contribution is 0.0510. The van der Waals surface area contributed by atoms with E-state index in [1.54, 1.807) is 0 Å². The van der Waals surface area contributed by atoms with Gasteiger partial charge < -0.3 is 19.8 Å². The zero-order valence-electron chi connectivity index (χ0n) is 17.0. The van der Waals surface area contributed by atoms with Crippen LogP contribution in [0.2, 0.25) is 0 Å². The summed E-state index contributed by atoms with van der Waals surface area (Å²) in [7, 11) is 0. The molecule has 0 aliphatic rings. The Kier molecular flexibility index (Phi) is 7.05. The summed E-state index contributed by atoms with van der Waals surface area (Å²) in [5.74, 6) is 0.823. The van der Waals surface area contributed by atoms with Crippen LogP contribution in [0, 0.1) is 0 Å². The van der Waals surface area contributed by atoms with Gasteiger partial charge in [-0.1, -0.05) is 65.1 Å². The van der Waals surface area contributed by atoms with Crippen LogP contribution in [0.5, 0.6) is 5.75 Å². The number of ether oxygens (including phenoxy) is 2. The van der Waals surface area contributed by atoms with Crippen LogP contribution in [-0.4, -0.2) is 27.1 Å². The van der Waals surface area contributed by atoms with Gasteiger partial charge in [-0.2, -0.15) is 0 Å². The Morgan fingerprint density at radius 2 is 1.90 bits per heavy atom. The molecule has 0 unspecified atom stereocenters. The molecule has 3 rings (SSSR count). The lowest BCUT2D eigenvalue weighted by atomic mass is 10.1. The van der Waals surface area contributed by atoms with E-state index < -0.39 is 5.60 Å². The monoisotopic (exact) mass is 506 g/mol. The van der Waals surface area contributed by atoms with Gasteiger partial charge in [-0.3, -0.25) is 0 Å². The quantitative estimate of drug-likeness (QED) is 0.323. The van der Waals surface area contributed by atoms with E-state index >= 15 is 0 Å². The van der Waals surface area contributed by atoms with Crippen LogP contribution in [0.4, 0.5) is 4.79 Å². The topological polar surface area (TPSA) is 63.3 Å². The highest BCUT2D eigenvalue weighted by Crippen LogP contribution is 2.29. The lowest BCUT2D eigenvalue weighted by Gasteiger charge is -2.22. The van der Waals surface area contributed by atoms with E-state index in [1.165, 1.54) is 0 Å². The van der Waals surface area contributed by atoms with Crippen LogP contribution >= 0.6 is 22.6 Å². The summed E-state index contributed by atoms with van der Waals surface area (Å²) in [6.07, 6.45) is 2.33. The van der Waals surface area contributed by atoms with Crippen molar-refractivity contribution in [2.24, 2.45) is 0 Å². The number of H-pyrrole nitrogens is 1. The van der Waals surface area contributed by atoms with E-state index in [2.05, 4.69) is 39.0 Å². The molecule has 1 atom stereocenters. The number of fused-ring (bicyclic) bond motifs is 1. The van der Waals surface area contributed by atoms with Gasteiger partial charge in [0, 0.05) is 22.1 Å². The summed E-state index contributed by atoms with van der Waals surface area (Å²) in [4.78, 5) is 15.5. The van der Waals surface area contributed by atoms with Crippen LogP contribution in [0.1, 0.15) is 31.9 Å². The number of aromatic amines is 1. The smallest absolute Gasteiger partial charge is 0.407 e. The zero-order valence-corrected chi connectivity index (χ0v) is 19.2. The number of hydrogen-bond donors (Lipinski definition) is 2. The highest BCUT2D eigenvalue weighted by molar-refractivity contribution is 14.1. The van der Waals surface area contributed by atoms with Crippen LogP contribution < -0.4 is 10.1 Å². The summed E-state index contributed by atoms with van der Waals surface area (Å²) in [6.45, 7) is 6.11. The van der Waals surface area contributed by atoms with Gasteiger partial charge in [0.2, 0.25) is 0 Å². The number of hydrogen-bond acceptors (Lipinski definition) is 3. The van der Waals surface area contributed by atoms with Gasteiger partial charge in [-0.05, 0) is 44.4 Å². The summed E-state index contributed by atoms with van der Waals surface area (Å²) in [5.41, 5.74) is 2.74. The molecular formula is C23H27IN2O3. The second-order valence-electron chi connectivity index (χ2n) is 7.97. The van der Waals surface area contributed by atoms with Crippen molar-refractivity contribution < 1.29 is 14.3 Å². The summed E-state index contributed by atoms with van der Waals surface area (Å²) in [6, 6.07) is 16.1. The number of para-hydroxylation sites is 1. The molecule has 0 radical (unpaired) electrons. The van der Waals surface area contributed by atoms with Gasteiger partial charge in [0.15, 0.2) is 0 Å². The Balaban J connectivity index is 1.71. The minimum atomic E-state index is -0.508. The normalized spacial score (nSPS) is 12.6. The average molecular weight is 506 g/mol. The predicted octanol–water partition coefficient (Wildman–Crippen LogP) is 5.62. The molecule has 0 aliphatic carbocycles. The third-order valence-corrected chi connectivity index (χ3v) is 5.44. The fraction of sp³-hybridized carbons (Fsp3) is 0.348. The minimum absolute atomic E-state index is 0.0154. The number of halogens is 1. The van der Waals surface area contributed by atoms with E-state index in [0.717, 1.165) is 32.2 Å². The summed E-state index contributed by atoms with van der Waals surface area (Å²) >= 11 is 2.29. The van der Waals surface area contributed by atoms with E-state index in [0.29, 0.717) is 13.0 Å². The van der Waals surface area contributed by atoms with Gasteiger partial charge >= 0.3 is 6.09 Å². The second-order valence-corrected chi connectivity index (χ2v) is 8.85. The maximum Gasteiger partial charge on any atom is 0.407 e. The number of amides is 1.